The molecule has 0 aromatic heterocycles. The predicted molar refractivity (Wildman–Crippen MR) is 63.5 cm³/mol. The van der Waals surface area contributed by atoms with Crippen LogP contribution >= 0.6 is 0 Å². The summed E-state index contributed by atoms with van der Waals surface area (Å²) in [7, 11) is 1.49. The van der Waals surface area contributed by atoms with Crippen LogP contribution in [0.15, 0.2) is 36.4 Å². The largest absolute Gasteiger partial charge is 0.282 e. The number of amides is 2. The van der Waals surface area contributed by atoms with Gasteiger partial charge in [0.2, 0.25) is 5.91 Å². The molecule has 84 valence electrons. The molecule has 1 aromatic carbocycles. The van der Waals surface area contributed by atoms with Gasteiger partial charge in [0.05, 0.1) is 0 Å². The van der Waals surface area contributed by atoms with Gasteiger partial charge in [-0.3, -0.25) is 14.5 Å². The van der Waals surface area contributed by atoms with E-state index in [1.807, 2.05) is 30.3 Å². The monoisotopic (exact) mass is 217 g/mol. The van der Waals surface area contributed by atoms with Gasteiger partial charge in [-0.25, -0.2) is 0 Å². The summed E-state index contributed by atoms with van der Waals surface area (Å²) < 4.78 is 0. The molecule has 3 nitrogen and oxygen atoms in total. The van der Waals surface area contributed by atoms with Gasteiger partial charge in [-0.2, -0.15) is 0 Å². The topological polar surface area (TPSA) is 37.4 Å². The third-order valence-corrected chi connectivity index (χ3v) is 2.23. The first-order valence-corrected chi connectivity index (χ1v) is 5.18. The van der Waals surface area contributed by atoms with Gasteiger partial charge in [0.25, 0.3) is 5.91 Å². The molecule has 0 aliphatic rings. The normalized spacial score (nSPS) is 10.4. The quantitative estimate of drug-likeness (QED) is 0.727. The van der Waals surface area contributed by atoms with E-state index >= 15 is 0 Å². The molecule has 0 heterocycles. The lowest BCUT2D eigenvalue weighted by Crippen LogP contribution is -2.30. The third kappa shape index (κ3) is 3.35. The summed E-state index contributed by atoms with van der Waals surface area (Å²) in [6, 6.07) is 9.48. The Morgan fingerprint density at radius 2 is 1.88 bits per heavy atom. The fourth-order valence-electron chi connectivity index (χ4n) is 1.20. The van der Waals surface area contributed by atoms with E-state index in [1.165, 1.54) is 13.1 Å². The third-order valence-electron chi connectivity index (χ3n) is 2.23. The Kier molecular flexibility index (Phi) is 4.45. The fraction of sp³-hybridized carbons (Fsp3) is 0.231. The molecule has 0 radical (unpaired) electrons. The Balaban J connectivity index is 2.65. The molecular weight excluding hydrogens is 202 g/mol. The molecule has 3 heteroatoms. The van der Waals surface area contributed by atoms with Crippen molar-refractivity contribution in [3.8, 4) is 0 Å². The standard InChI is InChI=1S/C13H15NO2/c1-3-12(15)14(2)13(16)10-9-11-7-5-4-6-8-11/h4-10H,3H2,1-2H3. The van der Waals surface area contributed by atoms with Crippen molar-refractivity contribution in [3.05, 3.63) is 42.0 Å². The minimum Gasteiger partial charge on any atom is -0.282 e. The molecule has 0 aliphatic heterocycles. The van der Waals surface area contributed by atoms with Crippen LogP contribution in [0, 0.1) is 0 Å². The second kappa shape index (κ2) is 5.85. The molecule has 0 saturated carbocycles. The molecule has 0 saturated heterocycles. The minimum absolute atomic E-state index is 0.178. The summed E-state index contributed by atoms with van der Waals surface area (Å²) in [4.78, 5) is 23.9. The Morgan fingerprint density at radius 3 is 2.44 bits per heavy atom. The highest BCUT2D eigenvalue weighted by Crippen LogP contribution is 2.02. The lowest BCUT2D eigenvalue weighted by Gasteiger charge is -2.11. The summed E-state index contributed by atoms with van der Waals surface area (Å²) in [6.45, 7) is 1.73. The van der Waals surface area contributed by atoms with E-state index in [0.29, 0.717) is 6.42 Å². The number of rotatable bonds is 3. The first kappa shape index (κ1) is 12.2. The number of nitrogens with zero attached hydrogens (tertiary/aromatic N) is 1. The molecule has 0 fully saturated rings. The van der Waals surface area contributed by atoms with Crippen molar-refractivity contribution in [1.29, 1.82) is 0 Å². The molecule has 0 spiro atoms. The zero-order valence-corrected chi connectivity index (χ0v) is 9.51. The molecule has 0 N–H and O–H groups in total. The molecule has 0 bridgehead atoms. The van der Waals surface area contributed by atoms with Crippen LogP contribution in [0.3, 0.4) is 0 Å². The van der Waals surface area contributed by atoms with Gasteiger partial charge in [0.1, 0.15) is 0 Å². The highest BCUT2D eigenvalue weighted by atomic mass is 16.2. The van der Waals surface area contributed by atoms with E-state index < -0.39 is 0 Å². The van der Waals surface area contributed by atoms with Crippen molar-refractivity contribution in [2.75, 3.05) is 7.05 Å². The SMILES string of the molecule is CCC(=O)N(C)C(=O)C=Cc1ccccc1. The average molecular weight is 217 g/mol. The van der Waals surface area contributed by atoms with Gasteiger partial charge in [-0.05, 0) is 11.6 Å². The smallest absolute Gasteiger partial charge is 0.252 e. The van der Waals surface area contributed by atoms with Gasteiger partial charge >= 0.3 is 0 Å². The second-order valence-corrected chi connectivity index (χ2v) is 3.39. The van der Waals surface area contributed by atoms with Crippen LogP contribution < -0.4 is 0 Å². The molecule has 2 amide bonds. The Morgan fingerprint density at radius 1 is 1.25 bits per heavy atom. The van der Waals surface area contributed by atoms with Crippen LogP contribution in [0.25, 0.3) is 6.08 Å². The second-order valence-electron chi connectivity index (χ2n) is 3.39. The van der Waals surface area contributed by atoms with Crippen molar-refractivity contribution in [2.24, 2.45) is 0 Å². The van der Waals surface area contributed by atoms with Crippen molar-refractivity contribution < 1.29 is 9.59 Å². The lowest BCUT2D eigenvalue weighted by molar-refractivity contribution is -0.139. The molecule has 0 atom stereocenters. The van der Waals surface area contributed by atoms with Gasteiger partial charge in [-0.1, -0.05) is 37.3 Å². The van der Waals surface area contributed by atoms with Crippen LogP contribution in [0.1, 0.15) is 18.9 Å². The van der Waals surface area contributed by atoms with Crippen LogP contribution in [-0.2, 0) is 9.59 Å². The Labute approximate surface area is 95.4 Å². The predicted octanol–water partition coefficient (Wildman–Crippen LogP) is 2.09. The fourth-order valence-corrected chi connectivity index (χ4v) is 1.20. The van der Waals surface area contributed by atoms with Crippen molar-refractivity contribution in [3.63, 3.8) is 0 Å². The van der Waals surface area contributed by atoms with Gasteiger partial charge < -0.3 is 0 Å². The number of hydrogen-bond acceptors (Lipinski definition) is 2. The van der Waals surface area contributed by atoms with E-state index in [1.54, 1.807) is 13.0 Å². The highest BCUT2D eigenvalue weighted by molar-refractivity contribution is 6.02. The van der Waals surface area contributed by atoms with Gasteiger partial charge in [-0.15, -0.1) is 0 Å². The zero-order valence-electron chi connectivity index (χ0n) is 9.51. The van der Waals surface area contributed by atoms with E-state index in [9.17, 15) is 9.59 Å². The van der Waals surface area contributed by atoms with Crippen molar-refractivity contribution in [2.45, 2.75) is 13.3 Å². The first-order valence-electron chi connectivity index (χ1n) is 5.18. The van der Waals surface area contributed by atoms with Crippen LogP contribution in [0.5, 0.6) is 0 Å². The number of imide groups is 1. The Hall–Kier alpha value is -1.90. The molecule has 16 heavy (non-hydrogen) atoms. The van der Waals surface area contributed by atoms with Gasteiger partial charge in [0.15, 0.2) is 0 Å². The van der Waals surface area contributed by atoms with Crippen LogP contribution in [-0.4, -0.2) is 23.8 Å². The maximum absolute atomic E-state index is 11.5. The number of carbonyl (C=O) groups excluding carboxylic acids is 2. The molecule has 1 aromatic rings. The number of likely N-dealkylation sites (N-methyl/N-ethyl adjacent to an activating group) is 1. The molecule has 0 aliphatic carbocycles. The summed E-state index contributed by atoms with van der Waals surface area (Å²) in [5, 5.41) is 0. The molecular formula is C13H15NO2. The summed E-state index contributed by atoms with van der Waals surface area (Å²) in [6.07, 6.45) is 3.44. The number of carbonyl (C=O) groups is 2. The van der Waals surface area contributed by atoms with E-state index in [4.69, 9.17) is 0 Å². The van der Waals surface area contributed by atoms with Crippen LogP contribution in [0.2, 0.25) is 0 Å². The number of benzene rings is 1. The maximum Gasteiger partial charge on any atom is 0.252 e. The van der Waals surface area contributed by atoms with E-state index in [-0.39, 0.29) is 11.8 Å². The zero-order chi connectivity index (χ0) is 12.0. The van der Waals surface area contributed by atoms with Crippen molar-refractivity contribution in [1.82, 2.24) is 4.90 Å². The molecule has 0 unspecified atom stereocenters. The summed E-state index contributed by atoms with van der Waals surface area (Å²) >= 11 is 0. The Bertz CT molecular complexity index is 396. The van der Waals surface area contributed by atoms with E-state index in [2.05, 4.69) is 0 Å². The van der Waals surface area contributed by atoms with Crippen molar-refractivity contribution >= 4 is 17.9 Å². The van der Waals surface area contributed by atoms with E-state index in [0.717, 1.165) is 10.5 Å². The average Bonchev–Trinajstić information content (AvgIpc) is 2.35. The maximum atomic E-state index is 11.5. The van der Waals surface area contributed by atoms with Gasteiger partial charge in [0, 0.05) is 19.5 Å². The summed E-state index contributed by atoms with van der Waals surface area (Å²) in [5.74, 6) is -0.474. The number of hydrogen-bond donors (Lipinski definition) is 0. The highest BCUT2D eigenvalue weighted by Gasteiger charge is 2.11. The summed E-state index contributed by atoms with van der Waals surface area (Å²) in [5.41, 5.74) is 0.938. The minimum atomic E-state index is -0.296. The molecule has 1 rings (SSSR count). The lowest BCUT2D eigenvalue weighted by atomic mass is 10.2. The van der Waals surface area contributed by atoms with Crippen LogP contribution in [0.4, 0.5) is 0 Å². The first-order chi connectivity index (χ1) is 7.65.